The molecule has 8 nitrogen and oxygen atoms in total. The Morgan fingerprint density at radius 1 is 1.24 bits per heavy atom. The third-order valence-electron chi connectivity index (χ3n) is 4.02. The number of nitrogens with zero attached hydrogens (tertiary/aromatic N) is 1. The molecule has 0 aliphatic carbocycles. The second-order valence-electron chi connectivity index (χ2n) is 5.80. The topological polar surface area (TPSA) is 113 Å². The van der Waals surface area contributed by atoms with Gasteiger partial charge in [-0.25, -0.2) is 0 Å². The second-order valence-corrected chi connectivity index (χ2v) is 5.80. The highest BCUT2D eigenvalue weighted by Gasteiger charge is 2.42. The standard InChI is InChI=1S/C17H15N3O5/c1-9(21)10-3-2-4-11(7-10)18-12-8-15(23)20(17(12)25)13-5-6-14(22)19-16(13)24/h2-4,7-8,13,18H,5-6H2,1H3,(H,19,22,24). The Morgan fingerprint density at radius 3 is 2.68 bits per heavy atom. The number of nitrogens with one attached hydrogen (secondary N) is 2. The molecule has 3 rings (SSSR count). The molecule has 0 spiro atoms. The molecule has 2 aliphatic rings. The van der Waals surface area contributed by atoms with Crippen molar-refractivity contribution in [1.82, 2.24) is 10.2 Å². The first-order valence-electron chi connectivity index (χ1n) is 7.68. The van der Waals surface area contributed by atoms with Crippen LogP contribution in [0.25, 0.3) is 0 Å². The fraction of sp³-hybridized carbons (Fsp3) is 0.235. The predicted octanol–water partition coefficient (Wildman–Crippen LogP) is 0.359. The second kappa shape index (κ2) is 6.31. The average molecular weight is 341 g/mol. The lowest BCUT2D eigenvalue weighted by Crippen LogP contribution is -2.54. The van der Waals surface area contributed by atoms with Gasteiger partial charge in [0.15, 0.2) is 5.78 Å². The number of carbonyl (C=O) groups is 5. The van der Waals surface area contributed by atoms with E-state index in [0.717, 1.165) is 11.0 Å². The first kappa shape index (κ1) is 16.6. The van der Waals surface area contributed by atoms with E-state index < -0.39 is 29.7 Å². The minimum atomic E-state index is -1.00. The Balaban J connectivity index is 1.78. The van der Waals surface area contributed by atoms with Gasteiger partial charge in [0, 0.05) is 23.7 Å². The predicted molar refractivity (Wildman–Crippen MR) is 86.2 cm³/mol. The first-order valence-corrected chi connectivity index (χ1v) is 7.68. The van der Waals surface area contributed by atoms with Crippen LogP contribution in [0.3, 0.4) is 0 Å². The zero-order chi connectivity index (χ0) is 18.1. The lowest BCUT2D eigenvalue weighted by molar-refractivity contribution is -0.149. The molecule has 2 heterocycles. The van der Waals surface area contributed by atoms with E-state index in [1.807, 2.05) is 0 Å². The number of hydrogen-bond donors (Lipinski definition) is 2. The zero-order valence-corrected chi connectivity index (χ0v) is 13.4. The molecule has 1 aromatic carbocycles. The molecule has 8 heteroatoms. The van der Waals surface area contributed by atoms with Crippen molar-refractivity contribution in [3.05, 3.63) is 41.6 Å². The summed E-state index contributed by atoms with van der Waals surface area (Å²) in [4.78, 5) is 60.1. The Morgan fingerprint density at radius 2 is 2.00 bits per heavy atom. The van der Waals surface area contributed by atoms with Gasteiger partial charge in [0.25, 0.3) is 11.8 Å². The molecule has 1 fully saturated rings. The molecule has 4 amide bonds. The van der Waals surface area contributed by atoms with Crippen molar-refractivity contribution in [3.8, 4) is 0 Å². The van der Waals surface area contributed by atoms with Gasteiger partial charge < -0.3 is 5.32 Å². The molecule has 0 saturated carbocycles. The molecular formula is C17H15N3O5. The molecule has 0 aromatic heterocycles. The molecule has 1 saturated heterocycles. The summed E-state index contributed by atoms with van der Waals surface area (Å²) in [7, 11) is 0. The highest BCUT2D eigenvalue weighted by Crippen LogP contribution is 2.23. The number of rotatable bonds is 4. The maximum Gasteiger partial charge on any atom is 0.278 e. The molecule has 0 radical (unpaired) electrons. The van der Waals surface area contributed by atoms with E-state index in [0.29, 0.717) is 11.3 Å². The number of anilines is 1. The highest BCUT2D eigenvalue weighted by molar-refractivity contribution is 6.20. The largest absolute Gasteiger partial charge is 0.351 e. The van der Waals surface area contributed by atoms with Gasteiger partial charge in [-0.05, 0) is 25.5 Å². The summed E-state index contributed by atoms with van der Waals surface area (Å²) in [6, 6.07) is 5.50. The lowest BCUT2D eigenvalue weighted by Gasteiger charge is -2.28. The number of carbonyl (C=O) groups excluding carboxylic acids is 5. The van der Waals surface area contributed by atoms with Crippen molar-refractivity contribution >= 4 is 35.1 Å². The number of imide groups is 2. The van der Waals surface area contributed by atoms with Crippen LogP contribution >= 0.6 is 0 Å². The summed E-state index contributed by atoms with van der Waals surface area (Å²) >= 11 is 0. The van der Waals surface area contributed by atoms with Crippen molar-refractivity contribution in [2.75, 3.05) is 5.32 Å². The van der Waals surface area contributed by atoms with Gasteiger partial charge >= 0.3 is 0 Å². The summed E-state index contributed by atoms with van der Waals surface area (Å²) in [6.45, 7) is 1.42. The molecule has 1 unspecified atom stereocenters. The molecule has 1 atom stereocenters. The van der Waals surface area contributed by atoms with E-state index in [-0.39, 0.29) is 24.3 Å². The maximum absolute atomic E-state index is 12.5. The van der Waals surface area contributed by atoms with Gasteiger partial charge in [-0.2, -0.15) is 0 Å². The van der Waals surface area contributed by atoms with Crippen LogP contribution in [0.1, 0.15) is 30.1 Å². The zero-order valence-electron chi connectivity index (χ0n) is 13.4. The van der Waals surface area contributed by atoms with Gasteiger partial charge in [-0.1, -0.05) is 12.1 Å². The Labute approximate surface area is 142 Å². The SMILES string of the molecule is CC(=O)c1cccc(NC2=CC(=O)N(C3CCC(=O)NC3=O)C2=O)c1. The van der Waals surface area contributed by atoms with Crippen molar-refractivity contribution in [2.24, 2.45) is 0 Å². The first-order chi connectivity index (χ1) is 11.9. The van der Waals surface area contributed by atoms with Gasteiger partial charge in [0.05, 0.1) is 0 Å². The van der Waals surface area contributed by atoms with Gasteiger partial charge in [-0.3, -0.25) is 34.2 Å². The van der Waals surface area contributed by atoms with E-state index in [2.05, 4.69) is 10.6 Å². The third-order valence-corrected chi connectivity index (χ3v) is 4.02. The van der Waals surface area contributed by atoms with E-state index in [9.17, 15) is 24.0 Å². The Hall–Kier alpha value is -3.29. The molecule has 25 heavy (non-hydrogen) atoms. The average Bonchev–Trinajstić information content (AvgIpc) is 2.82. The van der Waals surface area contributed by atoms with E-state index >= 15 is 0 Å². The highest BCUT2D eigenvalue weighted by atomic mass is 16.2. The fourth-order valence-corrected chi connectivity index (χ4v) is 2.77. The van der Waals surface area contributed by atoms with Crippen LogP contribution in [0.2, 0.25) is 0 Å². The van der Waals surface area contributed by atoms with E-state index in [4.69, 9.17) is 0 Å². The molecule has 1 aromatic rings. The molecule has 0 bridgehead atoms. The van der Waals surface area contributed by atoms with Crippen molar-refractivity contribution in [3.63, 3.8) is 0 Å². The molecular weight excluding hydrogens is 326 g/mol. The number of amides is 4. The Bertz CT molecular complexity index is 842. The summed E-state index contributed by atoms with van der Waals surface area (Å²) in [5, 5.41) is 4.93. The summed E-state index contributed by atoms with van der Waals surface area (Å²) in [6.07, 6.45) is 1.27. The molecule has 128 valence electrons. The van der Waals surface area contributed by atoms with Crippen molar-refractivity contribution < 1.29 is 24.0 Å². The minimum absolute atomic E-state index is 0.00963. The molecule has 2 aliphatic heterocycles. The van der Waals surface area contributed by atoms with Crippen molar-refractivity contribution in [2.45, 2.75) is 25.8 Å². The van der Waals surface area contributed by atoms with E-state index in [1.54, 1.807) is 24.3 Å². The number of benzene rings is 1. The monoisotopic (exact) mass is 341 g/mol. The van der Waals surface area contributed by atoms with Crippen LogP contribution in [-0.4, -0.2) is 40.4 Å². The van der Waals surface area contributed by atoms with Crippen LogP contribution in [0, 0.1) is 0 Å². The van der Waals surface area contributed by atoms with Crippen molar-refractivity contribution in [1.29, 1.82) is 0 Å². The summed E-state index contributed by atoms with van der Waals surface area (Å²) in [5.41, 5.74) is 0.949. The van der Waals surface area contributed by atoms with Gasteiger partial charge in [-0.15, -0.1) is 0 Å². The van der Waals surface area contributed by atoms with Gasteiger partial charge in [0.2, 0.25) is 11.8 Å². The summed E-state index contributed by atoms with van der Waals surface area (Å²) in [5.74, 6) is -2.48. The third kappa shape index (κ3) is 3.18. The van der Waals surface area contributed by atoms with Crippen LogP contribution in [-0.2, 0) is 19.2 Å². The van der Waals surface area contributed by atoms with Crippen LogP contribution in [0.4, 0.5) is 5.69 Å². The summed E-state index contributed by atoms with van der Waals surface area (Å²) < 4.78 is 0. The minimum Gasteiger partial charge on any atom is -0.351 e. The van der Waals surface area contributed by atoms with Gasteiger partial charge in [0.1, 0.15) is 11.7 Å². The maximum atomic E-state index is 12.5. The number of ketones is 1. The normalized spacial score (nSPS) is 20.4. The Kier molecular flexibility index (Phi) is 4.18. The quantitative estimate of drug-likeness (QED) is 0.604. The fourth-order valence-electron chi connectivity index (χ4n) is 2.77. The van der Waals surface area contributed by atoms with Crippen LogP contribution in [0.15, 0.2) is 36.0 Å². The lowest BCUT2D eigenvalue weighted by atomic mass is 10.0. The molecule has 2 N–H and O–H groups in total. The van der Waals surface area contributed by atoms with E-state index in [1.165, 1.54) is 6.92 Å². The number of piperidine rings is 1. The van der Waals surface area contributed by atoms with Crippen LogP contribution < -0.4 is 10.6 Å². The number of hydrogen-bond acceptors (Lipinski definition) is 6. The number of Topliss-reactive ketones (excluding diaryl/α,β-unsaturated/α-hetero) is 1. The smallest absolute Gasteiger partial charge is 0.278 e. The van der Waals surface area contributed by atoms with Crippen LogP contribution in [0.5, 0.6) is 0 Å².